The Balaban J connectivity index is 2.75. The van der Waals surface area contributed by atoms with Crippen LogP contribution < -0.4 is 4.74 Å². The lowest BCUT2D eigenvalue weighted by Crippen LogP contribution is -2.43. The van der Waals surface area contributed by atoms with E-state index in [4.69, 9.17) is 19.7 Å². The Morgan fingerprint density at radius 1 is 1.04 bits per heavy atom. The zero-order chi connectivity index (χ0) is 18.3. The monoisotopic (exact) mass is 340 g/mol. The van der Waals surface area contributed by atoms with E-state index in [0.717, 1.165) is 0 Å². The minimum Gasteiger partial charge on any atom is -0.481 e. The van der Waals surface area contributed by atoms with Gasteiger partial charge in [-0.1, -0.05) is 0 Å². The largest absolute Gasteiger partial charge is 0.481 e. The summed E-state index contributed by atoms with van der Waals surface area (Å²) in [5.74, 6) is -5.12. The average Bonchev–Trinajstić information content (AvgIpc) is 2.46. The fourth-order valence-electron chi connectivity index (χ4n) is 1.74. The maximum atomic E-state index is 11.7. The number of carbonyl (C=O) groups is 4. The van der Waals surface area contributed by atoms with Crippen molar-refractivity contribution in [2.75, 3.05) is 6.61 Å². The van der Waals surface area contributed by atoms with Gasteiger partial charge in [0.25, 0.3) is 0 Å². The van der Waals surface area contributed by atoms with Gasteiger partial charge in [0, 0.05) is 0 Å². The molecule has 1 atom stereocenters. The first-order valence-corrected chi connectivity index (χ1v) is 6.83. The number of ether oxygens (including phenoxy) is 2. The third kappa shape index (κ3) is 5.36. The summed E-state index contributed by atoms with van der Waals surface area (Å²) >= 11 is 0. The number of esters is 2. The van der Waals surface area contributed by atoms with Gasteiger partial charge in [-0.15, -0.1) is 0 Å². The first-order valence-electron chi connectivity index (χ1n) is 6.83. The summed E-state index contributed by atoms with van der Waals surface area (Å²) in [4.78, 5) is 44.7. The second-order valence-electron chi connectivity index (χ2n) is 4.80. The number of rotatable bonds is 8. The normalized spacial score (nSPS) is 12.8. The van der Waals surface area contributed by atoms with E-state index in [1.54, 1.807) is 6.92 Å². The summed E-state index contributed by atoms with van der Waals surface area (Å²) < 4.78 is 9.61. The van der Waals surface area contributed by atoms with Gasteiger partial charge in [-0.3, -0.25) is 9.59 Å². The van der Waals surface area contributed by atoms with Gasteiger partial charge in [-0.05, 0) is 31.2 Å². The maximum absolute atomic E-state index is 11.7. The molecule has 24 heavy (non-hydrogen) atoms. The molecule has 1 unspecified atom stereocenters. The molecule has 0 amide bonds. The molecule has 130 valence electrons. The van der Waals surface area contributed by atoms with Gasteiger partial charge >= 0.3 is 23.9 Å². The van der Waals surface area contributed by atoms with Crippen LogP contribution in [0.2, 0.25) is 0 Å². The van der Waals surface area contributed by atoms with Gasteiger partial charge in [0.1, 0.15) is 5.75 Å². The minimum absolute atomic E-state index is 0.00360. The van der Waals surface area contributed by atoms with E-state index < -0.39 is 42.3 Å². The van der Waals surface area contributed by atoms with Crippen molar-refractivity contribution < 1.29 is 44.0 Å². The molecule has 0 aliphatic rings. The van der Waals surface area contributed by atoms with Crippen LogP contribution in [0.1, 0.15) is 30.1 Å². The summed E-state index contributed by atoms with van der Waals surface area (Å²) in [5, 5.41) is 27.2. The Morgan fingerprint density at radius 2 is 1.62 bits per heavy atom. The summed E-state index contributed by atoms with van der Waals surface area (Å²) in [6.45, 7) is 1.85. The standard InChI is InChI=1S/C15H16O9/c1-2-23-13(19)9-3-5-10(6-4-9)24-12(18)8-15(22,14(20)21)7-11(16)17/h3-6,22H,2,7-8H2,1H3,(H,16,17)(H,20,21). The van der Waals surface area contributed by atoms with Crippen LogP contribution in [-0.4, -0.2) is 51.4 Å². The fourth-order valence-corrected chi connectivity index (χ4v) is 1.74. The molecule has 0 saturated heterocycles. The van der Waals surface area contributed by atoms with Crippen LogP contribution in [-0.2, 0) is 19.1 Å². The average molecular weight is 340 g/mol. The van der Waals surface area contributed by atoms with E-state index in [9.17, 15) is 24.3 Å². The number of hydrogen-bond donors (Lipinski definition) is 3. The van der Waals surface area contributed by atoms with Crippen LogP contribution in [0, 0.1) is 0 Å². The second-order valence-corrected chi connectivity index (χ2v) is 4.80. The molecule has 0 radical (unpaired) electrons. The Morgan fingerprint density at radius 3 is 2.08 bits per heavy atom. The first-order chi connectivity index (χ1) is 11.2. The van der Waals surface area contributed by atoms with Crippen molar-refractivity contribution in [2.24, 2.45) is 0 Å². The van der Waals surface area contributed by atoms with Crippen LogP contribution in [0.4, 0.5) is 0 Å². The number of carboxylic acid groups (broad SMARTS) is 2. The third-order valence-corrected chi connectivity index (χ3v) is 2.88. The van der Waals surface area contributed by atoms with Crippen molar-refractivity contribution in [3.8, 4) is 5.75 Å². The quantitative estimate of drug-likeness (QED) is 0.453. The molecule has 0 bridgehead atoms. The SMILES string of the molecule is CCOC(=O)c1ccc(OC(=O)CC(O)(CC(=O)O)C(=O)O)cc1. The predicted octanol–water partition coefficient (Wildman–Crippen LogP) is 0.449. The van der Waals surface area contributed by atoms with E-state index in [0.29, 0.717) is 0 Å². The lowest BCUT2D eigenvalue weighted by atomic mass is 9.96. The topological polar surface area (TPSA) is 147 Å². The smallest absolute Gasteiger partial charge is 0.338 e. The highest BCUT2D eigenvalue weighted by atomic mass is 16.5. The van der Waals surface area contributed by atoms with Crippen molar-refractivity contribution in [2.45, 2.75) is 25.4 Å². The molecule has 1 aromatic rings. The van der Waals surface area contributed by atoms with Crippen molar-refractivity contribution in [3.05, 3.63) is 29.8 Å². The molecule has 0 aliphatic carbocycles. The highest BCUT2D eigenvalue weighted by molar-refractivity contribution is 5.90. The summed E-state index contributed by atoms with van der Waals surface area (Å²) in [5.41, 5.74) is -2.54. The van der Waals surface area contributed by atoms with Crippen molar-refractivity contribution in [1.82, 2.24) is 0 Å². The van der Waals surface area contributed by atoms with Gasteiger partial charge in [0.05, 0.1) is 25.0 Å². The van der Waals surface area contributed by atoms with Crippen LogP contribution in [0.25, 0.3) is 0 Å². The Hall–Kier alpha value is -2.94. The number of hydrogen-bond acceptors (Lipinski definition) is 7. The van der Waals surface area contributed by atoms with Gasteiger partial charge in [0.2, 0.25) is 0 Å². The van der Waals surface area contributed by atoms with Crippen LogP contribution in [0.15, 0.2) is 24.3 Å². The van der Waals surface area contributed by atoms with E-state index in [2.05, 4.69) is 0 Å². The van der Waals surface area contributed by atoms with E-state index in [1.807, 2.05) is 0 Å². The summed E-state index contributed by atoms with van der Waals surface area (Å²) in [6.07, 6.45) is -2.20. The lowest BCUT2D eigenvalue weighted by molar-refractivity contribution is -0.169. The zero-order valence-electron chi connectivity index (χ0n) is 12.7. The molecule has 0 fully saturated rings. The highest BCUT2D eigenvalue weighted by Gasteiger charge is 2.41. The van der Waals surface area contributed by atoms with Gasteiger partial charge < -0.3 is 24.8 Å². The van der Waals surface area contributed by atoms with Gasteiger partial charge in [0.15, 0.2) is 5.60 Å². The van der Waals surface area contributed by atoms with Gasteiger partial charge in [-0.2, -0.15) is 0 Å². The molecule has 0 heterocycles. The summed E-state index contributed by atoms with van der Waals surface area (Å²) in [7, 11) is 0. The number of benzene rings is 1. The first kappa shape index (κ1) is 19.1. The van der Waals surface area contributed by atoms with E-state index in [-0.39, 0.29) is 17.9 Å². The molecule has 9 heteroatoms. The minimum atomic E-state index is -2.77. The number of carbonyl (C=O) groups excluding carboxylic acids is 2. The molecular formula is C15H16O9. The predicted molar refractivity (Wildman–Crippen MR) is 77.5 cm³/mol. The number of carboxylic acids is 2. The lowest BCUT2D eigenvalue weighted by Gasteiger charge is -2.20. The maximum Gasteiger partial charge on any atom is 0.338 e. The third-order valence-electron chi connectivity index (χ3n) is 2.88. The highest BCUT2D eigenvalue weighted by Crippen LogP contribution is 2.19. The van der Waals surface area contributed by atoms with Crippen molar-refractivity contribution in [1.29, 1.82) is 0 Å². The van der Waals surface area contributed by atoms with Gasteiger partial charge in [-0.25, -0.2) is 9.59 Å². The second kappa shape index (κ2) is 8.06. The molecule has 0 spiro atoms. The Kier molecular flexibility index (Phi) is 6.42. The van der Waals surface area contributed by atoms with Crippen LogP contribution in [0.3, 0.4) is 0 Å². The molecule has 1 aromatic carbocycles. The van der Waals surface area contributed by atoms with Crippen LogP contribution in [0.5, 0.6) is 5.75 Å². The van der Waals surface area contributed by atoms with E-state index >= 15 is 0 Å². The van der Waals surface area contributed by atoms with Crippen LogP contribution >= 0.6 is 0 Å². The Bertz CT molecular complexity index is 635. The molecule has 0 aliphatic heterocycles. The molecule has 3 N–H and O–H groups in total. The van der Waals surface area contributed by atoms with E-state index in [1.165, 1.54) is 24.3 Å². The molecule has 1 rings (SSSR count). The number of aliphatic hydroxyl groups is 1. The Labute approximate surface area is 136 Å². The molecule has 0 aromatic heterocycles. The number of aliphatic carboxylic acids is 2. The van der Waals surface area contributed by atoms with Crippen molar-refractivity contribution >= 4 is 23.9 Å². The zero-order valence-corrected chi connectivity index (χ0v) is 12.7. The fraction of sp³-hybridized carbons (Fsp3) is 0.333. The summed E-state index contributed by atoms with van der Waals surface area (Å²) in [6, 6.07) is 5.23. The molecule has 0 saturated carbocycles. The van der Waals surface area contributed by atoms with Crippen molar-refractivity contribution in [3.63, 3.8) is 0 Å². The molecular weight excluding hydrogens is 324 g/mol. The molecule has 9 nitrogen and oxygen atoms in total.